The third-order valence-electron chi connectivity index (χ3n) is 3.00. The molecule has 0 spiro atoms. The summed E-state index contributed by atoms with van der Waals surface area (Å²) in [5.41, 5.74) is 0.917. The lowest BCUT2D eigenvalue weighted by atomic mass is 10.2. The molecule has 0 bridgehead atoms. The minimum Gasteiger partial charge on any atom is -0.300 e. The van der Waals surface area contributed by atoms with Crippen LogP contribution in [0.3, 0.4) is 0 Å². The number of aromatic nitrogens is 4. The first-order valence-electron chi connectivity index (χ1n) is 5.97. The molecule has 0 saturated carbocycles. The highest BCUT2D eigenvalue weighted by atomic mass is 32.2. The molecule has 2 rings (SSSR count). The van der Waals surface area contributed by atoms with Crippen LogP contribution in [0.2, 0.25) is 0 Å². The van der Waals surface area contributed by atoms with Crippen molar-refractivity contribution < 1.29 is 4.21 Å². The van der Waals surface area contributed by atoms with Crippen LogP contribution in [0.4, 0.5) is 0 Å². The molecular weight excluding hydrogens is 280 g/mol. The molecule has 19 heavy (non-hydrogen) atoms. The molecule has 2 aromatic heterocycles. The number of nitrogens with zero attached hydrogens (tertiary/aromatic N) is 3. The minimum absolute atomic E-state index is 0.138. The first-order valence-corrected chi connectivity index (χ1v) is 8.00. The van der Waals surface area contributed by atoms with Crippen LogP contribution in [-0.4, -0.2) is 35.5 Å². The zero-order chi connectivity index (χ0) is 13.8. The van der Waals surface area contributed by atoms with Gasteiger partial charge >= 0.3 is 0 Å². The Morgan fingerprint density at radius 1 is 1.58 bits per heavy atom. The van der Waals surface area contributed by atoms with Crippen LogP contribution in [0.25, 0.3) is 11.4 Å². The Morgan fingerprint density at radius 3 is 3.00 bits per heavy atom. The number of rotatable bonds is 5. The van der Waals surface area contributed by atoms with Gasteiger partial charge in [-0.05, 0) is 30.8 Å². The lowest BCUT2D eigenvalue weighted by Gasteiger charge is -2.10. The van der Waals surface area contributed by atoms with Gasteiger partial charge in [-0.15, -0.1) is 0 Å². The van der Waals surface area contributed by atoms with E-state index < -0.39 is 10.8 Å². The molecule has 7 heteroatoms. The summed E-state index contributed by atoms with van der Waals surface area (Å²) in [5, 5.41) is 7.18. The molecule has 2 unspecified atom stereocenters. The first-order chi connectivity index (χ1) is 9.09. The Kier molecular flexibility index (Phi) is 4.60. The molecule has 2 aromatic rings. The van der Waals surface area contributed by atoms with Crippen LogP contribution in [0.15, 0.2) is 24.5 Å². The smallest absolute Gasteiger partial charge is 0.195 e. The highest BCUT2D eigenvalue weighted by Gasteiger charge is 2.11. The van der Waals surface area contributed by atoms with Crippen LogP contribution < -0.4 is 0 Å². The zero-order valence-corrected chi connectivity index (χ0v) is 12.5. The van der Waals surface area contributed by atoms with Crippen LogP contribution in [-0.2, 0) is 17.3 Å². The highest BCUT2D eigenvalue weighted by molar-refractivity contribution is 7.84. The molecule has 0 aliphatic carbocycles. The van der Waals surface area contributed by atoms with Gasteiger partial charge in [-0.3, -0.25) is 14.3 Å². The van der Waals surface area contributed by atoms with Crippen molar-refractivity contribution in [2.75, 3.05) is 6.26 Å². The molecule has 0 aromatic carbocycles. The SMILES string of the molecule is CC(CCn1c(-c2cccnc2)n[nH]c1=S)S(C)=O. The molecule has 102 valence electrons. The zero-order valence-electron chi connectivity index (χ0n) is 10.9. The summed E-state index contributed by atoms with van der Waals surface area (Å²) < 4.78 is 13.9. The van der Waals surface area contributed by atoms with Crippen molar-refractivity contribution in [1.82, 2.24) is 19.7 Å². The Morgan fingerprint density at radius 2 is 2.37 bits per heavy atom. The molecule has 0 amide bonds. The van der Waals surface area contributed by atoms with Crippen molar-refractivity contribution in [3.05, 3.63) is 29.3 Å². The van der Waals surface area contributed by atoms with Gasteiger partial charge in [-0.25, -0.2) is 0 Å². The van der Waals surface area contributed by atoms with Crippen molar-refractivity contribution in [1.29, 1.82) is 0 Å². The fourth-order valence-corrected chi connectivity index (χ4v) is 2.38. The Bertz CT molecular complexity index is 620. The average Bonchev–Trinajstić information content (AvgIpc) is 2.78. The van der Waals surface area contributed by atoms with Crippen LogP contribution in [0.1, 0.15) is 13.3 Å². The number of pyridine rings is 1. The summed E-state index contributed by atoms with van der Waals surface area (Å²) in [6.07, 6.45) is 5.99. The van der Waals surface area contributed by atoms with E-state index in [2.05, 4.69) is 15.2 Å². The standard InChI is InChI=1S/C12H16N4OS2/c1-9(19(2)17)5-7-16-11(14-15-12(16)18)10-4-3-6-13-8-10/h3-4,6,8-9H,5,7H2,1-2H3,(H,15,18). The monoisotopic (exact) mass is 296 g/mol. The Hall–Kier alpha value is -1.34. The van der Waals surface area contributed by atoms with E-state index in [1.165, 1.54) is 0 Å². The van der Waals surface area contributed by atoms with Gasteiger partial charge < -0.3 is 4.57 Å². The van der Waals surface area contributed by atoms with Crippen molar-refractivity contribution in [3.63, 3.8) is 0 Å². The topological polar surface area (TPSA) is 63.6 Å². The number of aromatic amines is 1. The molecule has 0 aliphatic rings. The predicted molar refractivity (Wildman–Crippen MR) is 78.8 cm³/mol. The molecule has 0 fully saturated rings. The molecular formula is C12H16N4OS2. The molecule has 1 N–H and O–H groups in total. The average molecular weight is 296 g/mol. The summed E-state index contributed by atoms with van der Waals surface area (Å²) in [6, 6.07) is 3.80. The van der Waals surface area contributed by atoms with E-state index in [-0.39, 0.29) is 5.25 Å². The van der Waals surface area contributed by atoms with E-state index >= 15 is 0 Å². The van der Waals surface area contributed by atoms with Gasteiger partial charge in [-0.2, -0.15) is 5.10 Å². The van der Waals surface area contributed by atoms with Gasteiger partial charge in [0.05, 0.1) is 0 Å². The Labute approximate surface area is 119 Å². The summed E-state index contributed by atoms with van der Waals surface area (Å²) in [6.45, 7) is 2.67. The quantitative estimate of drug-likeness (QED) is 0.859. The van der Waals surface area contributed by atoms with Crippen molar-refractivity contribution in [3.8, 4) is 11.4 Å². The van der Waals surface area contributed by atoms with Crippen LogP contribution in [0.5, 0.6) is 0 Å². The van der Waals surface area contributed by atoms with Gasteiger partial charge in [0, 0.05) is 46.8 Å². The molecule has 2 atom stereocenters. The predicted octanol–water partition coefficient (Wildman–Crippen LogP) is 2.16. The fourth-order valence-electron chi connectivity index (χ4n) is 1.72. The van der Waals surface area contributed by atoms with E-state index in [0.29, 0.717) is 11.3 Å². The summed E-state index contributed by atoms with van der Waals surface area (Å²) in [5.74, 6) is 0.771. The van der Waals surface area contributed by atoms with Gasteiger partial charge in [0.1, 0.15) is 0 Å². The third kappa shape index (κ3) is 3.36. The molecule has 5 nitrogen and oxygen atoms in total. The maximum absolute atomic E-state index is 11.4. The van der Waals surface area contributed by atoms with Crippen LogP contribution in [0, 0.1) is 4.77 Å². The van der Waals surface area contributed by atoms with E-state index in [9.17, 15) is 4.21 Å². The largest absolute Gasteiger partial charge is 0.300 e. The van der Waals surface area contributed by atoms with Gasteiger partial charge in [0.2, 0.25) is 0 Å². The minimum atomic E-state index is -0.820. The molecule has 0 saturated heterocycles. The van der Waals surface area contributed by atoms with Gasteiger partial charge in [0.25, 0.3) is 0 Å². The number of nitrogens with one attached hydrogen (secondary N) is 1. The van der Waals surface area contributed by atoms with E-state index in [1.54, 1.807) is 18.6 Å². The summed E-state index contributed by atoms with van der Waals surface area (Å²) in [4.78, 5) is 4.09. The van der Waals surface area contributed by atoms with Gasteiger partial charge in [-0.1, -0.05) is 6.92 Å². The van der Waals surface area contributed by atoms with E-state index in [1.807, 2.05) is 23.6 Å². The Balaban J connectivity index is 2.24. The second kappa shape index (κ2) is 6.21. The van der Waals surface area contributed by atoms with E-state index in [4.69, 9.17) is 12.2 Å². The van der Waals surface area contributed by atoms with Crippen molar-refractivity contribution in [2.24, 2.45) is 0 Å². The second-order valence-corrected chi connectivity index (χ2v) is 6.53. The summed E-state index contributed by atoms with van der Waals surface area (Å²) in [7, 11) is -0.820. The third-order valence-corrected chi connectivity index (χ3v) is 4.68. The van der Waals surface area contributed by atoms with E-state index in [0.717, 1.165) is 17.8 Å². The second-order valence-electron chi connectivity index (χ2n) is 4.34. The van der Waals surface area contributed by atoms with Gasteiger partial charge in [0.15, 0.2) is 10.6 Å². The molecule has 0 radical (unpaired) electrons. The normalized spacial score (nSPS) is 14.2. The first kappa shape index (κ1) is 14.1. The maximum atomic E-state index is 11.4. The number of H-pyrrole nitrogens is 1. The lowest BCUT2D eigenvalue weighted by molar-refractivity contribution is 0.617. The number of hydrogen-bond acceptors (Lipinski definition) is 4. The number of hydrogen-bond donors (Lipinski definition) is 1. The fraction of sp³-hybridized carbons (Fsp3) is 0.417. The summed E-state index contributed by atoms with van der Waals surface area (Å²) >= 11 is 5.24. The van der Waals surface area contributed by atoms with Crippen molar-refractivity contribution >= 4 is 23.0 Å². The molecule has 2 heterocycles. The van der Waals surface area contributed by atoms with Crippen LogP contribution >= 0.6 is 12.2 Å². The maximum Gasteiger partial charge on any atom is 0.195 e. The van der Waals surface area contributed by atoms with Crippen molar-refractivity contribution in [2.45, 2.75) is 25.1 Å². The lowest BCUT2D eigenvalue weighted by Crippen LogP contribution is -2.13. The molecule has 0 aliphatic heterocycles. The highest BCUT2D eigenvalue weighted by Crippen LogP contribution is 2.16.